The van der Waals surface area contributed by atoms with Gasteiger partial charge in [-0.25, -0.2) is 4.79 Å². The molecule has 0 fully saturated rings. The lowest BCUT2D eigenvalue weighted by atomic mass is 10.0. The van der Waals surface area contributed by atoms with Crippen LogP contribution in [0.5, 0.6) is 11.5 Å². The van der Waals surface area contributed by atoms with E-state index in [9.17, 15) is 22.8 Å². The Hall–Kier alpha value is -3.53. The summed E-state index contributed by atoms with van der Waals surface area (Å²) in [5.74, 6) is -0.323. The van der Waals surface area contributed by atoms with Crippen LogP contribution in [0.2, 0.25) is 0 Å². The molecule has 174 valence electrons. The van der Waals surface area contributed by atoms with Gasteiger partial charge in [-0.2, -0.15) is 13.2 Å². The zero-order valence-electron chi connectivity index (χ0n) is 17.9. The van der Waals surface area contributed by atoms with Crippen LogP contribution in [0.25, 0.3) is 11.1 Å². The lowest BCUT2D eigenvalue weighted by molar-refractivity contribution is -0.137. The van der Waals surface area contributed by atoms with Crippen molar-refractivity contribution in [2.24, 2.45) is 0 Å². The van der Waals surface area contributed by atoms with Gasteiger partial charge in [0, 0.05) is 28.1 Å². The topological polar surface area (TPSA) is 73.9 Å². The molecule has 10 heteroatoms. The van der Waals surface area contributed by atoms with Gasteiger partial charge in [-0.1, -0.05) is 0 Å². The fourth-order valence-electron chi connectivity index (χ4n) is 3.06. The second-order valence-electron chi connectivity index (χ2n) is 6.67. The van der Waals surface area contributed by atoms with E-state index < -0.39 is 23.6 Å². The number of carbonyl (C=O) groups is 2. The normalized spacial score (nSPS) is 11.1. The van der Waals surface area contributed by atoms with Gasteiger partial charge in [0.05, 0.1) is 26.4 Å². The van der Waals surface area contributed by atoms with Crippen molar-refractivity contribution < 1.29 is 37.0 Å². The van der Waals surface area contributed by atoms with E-state index in [1.165, 1.54) is 14.2 Å². The minimum Gasteiger partial charge on any atom is -0.497 e. The van der Waals surface area contributed by atoms with Crippen molar-refractivity contribution in [3.05, 3.63) is 64.5 Å². The first-order valence-corrected chi connectivity index (χ1v) is 10.6. The van der Waals surface area contributed by atoms with E-state index in [2.05, 4.69) is 5.32 Å². The fourth-order valence-corrected chi connectivity index (χ4v) is 4.00. The van der Waals surface area contributed by atoms with Gasteiger partial charge in [0.2, 0.25) is 0 Å². The molecule has 0 unspecified atom stereocenters. The van der Waals surface area contributed by atoms with Gasteiger partial charge >= 0.3 is 12.1 Å². The van der Waals surface area contributed by atoms with Gasteiger partial charge in [0.15, 0.2) is 0 Å². The number of amides is 1. The van der Waals surface area contributed by atoms with Gasteiger partial charge < -0.3 is 19.5 Å². The van der Waals surface area contributed by atoms with Crippen molar-refractivity contribution in [2.45, 2.75) is 13.1 Å². The van der Waals surface area contributed by atoms with E-state index >= 15 is 0 Å². The predicted octanol–water partition coefficient (Wildman–Crippen LogP) is 5.88. The van der Waals surface area contributed by atoms with Crippen molar-refractivity contribution in [2.75, 3.05) is 26.1 Å². The second-order valence-corrected chi connectivity index (χ2v) is 7.55. The molecule has 0 atom stereocenters. The van der Waals surface area contributed by atoms with Crippen molar-refractivity contribution in [1.29, 1.82) is 0 Å². The number of rotatable bonds is 7. The van der Waals surface area contributed by atoms with Crippen LogP contribution in [0.4, 0.5) is 18.2 Å². The highest BCUT2D eigenvalue weighted by atomic mass is 32.1. The maximum absolute atomic E-state index is 12.8. The van der Waals surface area contributed by atoms with Gasteiger partial charge in [-0.05, 0) is 43.3 Å². The third-order valence-electron chi connectivity index (χ3n) is 4.67. The van der Waals surface area contributed by atoms with Gasteiger partial charge in [-0.3, -0.25) is 4.79 Å². The molecule has 2 aromatic carbocycles. The summed E-state index contributed by atoms with van der Waals surface area (Å²) in [4.78, 5) is 25.4. The maximum atomic E-state index is 12.8. The van der Waals surface area contributed by atoms with Crippen molar-refractivity contribution in [3.63, 3.8) is 0 Å². The molecule has 3 aromatic rings. The molecule has 6 nitrogen and oxygen atoms in total. The van der Waals surface area contributed by atoms with Crippen molar-refractivity contribution >= 4 is 28.2 Å². The lowest BCUT2D eigenvalue weighted by Gasteiger charge is -2.12. The molecule has 3 rings (SSSR count). The molecule has 0 saturated heterocycles. The summed E-state index contributed by atoms with van der Waals surface area (Å²) in [6.07, 6.45) is -4.51. The van der Waals surface area contributed by atoms with Crippen LogP contribution >= 0.6 is 11.3 Å². The molecular formula is C23H20F3NO5S. The minimum atomic E-state index is -4.51. The number of esters is 1. The smallest absolute Gasteiger partial charge is 0.416 e. The van der Waals surface area contributed by atoms with Gasteiger partial charge in [0.1, 0.15) is 22.1 Å². The van der Waals surface area contributed by atoms with Crippen LogP contribution < -0.4 is 14.8 Å². The Morgan fingerprint density at radius 1 is 1.00 bits per heavy atom. The first kappa shape index (κ1) is 24.1. The molecule has 0 bridgehead atoms. The minimum absolute atomic E-state index is 0.00906. The number of alkyl halides is 3. The number of ether oxygens (including phenoxy) is 3. The van der Waals surface area contributed by atoms with Gasteiger partial charge in [0.25, 0.3) is 5.91 Å². The molecule has 0 saturated carbocycles. The Labute approximate surface area is 191 Å². The standard InChI is InChI=1S/C23H20F3NO5S/c1-4-32-22(29)19-17(16-10-9-15(30-2)11-18(16)31-3)12-33-21(19)27-20(28)13-5-7-14(8-6-13)23(24,25)26/h5-12H,4H2,1-3H3,(H,27,28). The number of anilines is 1. The van der Waals surface area contributed by atoms with Crippen LogP contribution in [0.15, 0.2) is 47.8 Å². The Morgan fingerprint density at radius 3 is 2.27 bits per heavy atom. The molecule has 33 heavy (non-hydrogen) atoms. The van der Waals surface area contributed by atoms with Crippen molar-refractivity contribution in [3.8, 4) is 22.6 Å². The summed E-state index contributed by atoms with van der Waals surface area (Å²) in [7, 11) is 2.99. The number of hydrogen-bond donors (Lipinski definition) is 1. The van der Waals surface area contributed by atoms with Crippen LogP contribution in [0.3, 0.4) is 0 Å². The van der Waals surface area contributed by atoms with E-state index in [1.807, 2.05) is 0 Å². The molecule has 1 N–H and O–H groups in total. The third kappa shape index (κ3) is 5.28. The highest BCUT2D eigenvalue weighted by Crippen LogP contribution is 2.41. The summed E-state index contributed by atoms with van der Waals surface area (Å²) < 4.78 is 54.2. The molecule has 0 radical (unpaired) electrons. The number of benzene rings is 2. The summed E-state index contributed by atoms with van der Waals surface area (Å²) in [6.45, 7) is 1.76. The van der Waals surface area contributed by atoms with Crippen LogP contribution in [-0.2, 0) is 10.9 Å². The number of carbonyl (C=O) groups excluding carboxylic acids is 2. The third-order valence-corrected chi connectivity index (χ3v) is 5.57. The average molecular weight is 479 g/mol. The summed E-state index contributed by atoms with van der Waals surface area (Å²) in [6, 6.07) is 8.86. The molecule has 0 aliphatic carbocycles. The highest BCUT2D eigenvalue weighted by molar-refractivity contribution is 7.15. The zero-order valence-corrected chi connectivity index (χ0v) is 18.7. The summed E-state index contributed by atoms with van der Waals surface area (Å²) in [5, 5.41) is 4.47. The maximum Gasteiger partial charge on any atom is 0.416 e. The second kappa shape index (κ2) is 9.95. The first-order valence-electron chi connectivity index (χ1n) is 9.69. The number of nitrogens with one attached hydrogen (secondary N) is 1. The molecule has 1 amide bonds. The van der Waals surface area contributed by atoms with Gasteiger partial charge in [-0.15, -0.1) is 11.3 Å². The molecule has 0 aliphatic heterocycles. The van der Waals surface area contributed by atoms with E-state index in [-0.39, 0.29) is 22.7 Å². The summed E-state index contributed by atoms with van der Waals surface area (Å²) >= 11 is 1.09. The van der Waals surface area contributed by atoms with E-state index in [1.54, 1.807) is 30.5 Å². The molecule has 0 spiro atoms. The Balaban J connectivity index is 1.99. The van der Waals surface area contributed by atoms with Crippen LogP contribution in [0.1, 0.15) is 33.2 Å². The lowest BCUT2D eigenvalue weighted by Crippen LogP contribution is -2.15. The molecule has 0 aliphatic rings. The van der Waals surface area contributed by atoms with E-state index in [0.717, 1.165) is 35.6 Å². The quantitative estimate of drug-likeness (QED) is 0.429. The van der Waals surface area contributed by atoms with Crippen LogP contribution in [0, 0.1) is 0 Å². The molecule has 1 heterocycles. The highest BCUT2D eigenvalue weighted by Gasteiger charge is 2.30. The number of methoxy groups -OCH3 is 2. The average Bonchev–Trinajstić information content (AvgIpc) is 3.21. The molecule has 1 aromatic heterocycles. The van der Waals surface area contributed by atoms with Crippen LogP contribution in [-0.4, -0.2) is 32.7 Å². The predicted molar refractivity (Wildman–Crippen MR) is 118 cm³/mol. The Kier molecular flexibility index (Phi) is 7.27. The SMILES string of the molecule is CCOC(=O)c1c(-c2ccc(OC)cc2OC)csc1NC(=O)c1ccc(C(F)(F)F)cc1. The monoisotopic (exact) mass is 479 g/mol. The van der Waals surface area contributed by atoms with E-state index in [4.69, 9.17) is 14.2 Å². The summed E-state index contributed by atoms with van der Waals surface area (Å²) in [5.41, 5.74) is 0.310. The van der Waals surface area contributed by atoms with E-state index in [0.29, 0.717) is 22.6 Å². The Morgan fingerprint density at radius 2 is 1.70 bits per heavy atom. The molecular weight excluding hydrogens is 459 g/mol. The fraction of sp³-hybridized carbons (Fsp3) is 0.217. The largest absolute Gasteiger partial charge is 0.497 e. The zero-order chi connectivity index (χ0) is 24.2. The first-order chi connectivity index (χ1) is 15.7. The van der Waals surface area contributed by atoms with Crippen molar-refractivity contribution in [1.82, 2.24) is 0 Å². The number of thiophene rings is 1. The number of hydrogen-bond acceptors (Lipinski definition) is 6. The number of halogens is 3. The Bertz CT molecular complexity index is 1160.